The van der Waals surface area contributed by atoms with Crippen LogP contribution in [-0.4, -0.2) is 15.1 Å². The van der Waals surface area contributed by atoms with Crippen molar-refractivity contribution in [1.82, 2.24) is 9.97 Å². The number of aliphatic hydroxyl groups is 1. The number of hydrogen-bond donors (Lipinski definition) is 2. The highest BCUT2D eigenvalue weighted by Gasteiger charge is 2.07. The number of halogens is 1. The first-order valence-corrected chi connectivity index (χ1v) is 5.41. The van der Waals surface area contributed by atoms with Gasteiger partial charge in [-0.25, -0.2) is 4.98 Å². The van der Waals surface area contributed by atoms with Crippen molar-refractivity contribution in [2.75, 3.05) is 0 Å². The zero-order chi connectivity index (χ0) is 9.26. The standard InChI is InChI=1S/C8H7BrN2OS/c9-7-4-13-3-6(7)8-10-1-5(2-12)11-8/h1,3-4,12H,2H2,(H,10,11). The molecule has 13 heavy (non-hydrogen) atoms. The van der Waals surface area contributed by atoms with E-state index in [2.05, 4.69) is 25.9 Å². The van der Waals surface area contributed by atoms with Crippen LogP contribution in [0.5, 0.6) is 0 Å². The molecule has 2 rings (SSSR count). The molecular formula is C8H7BrN2OS. The third-order valence-electron chi connectivity index (χ3n) is 1.67. The Hall–Kier alpha value is -0.650. The Morgan fingerprint density at radius 3 is 2.92 bits per heavy atom. The number of rotatable bonds is 2. The third-order valence-corrected chi connectivity index (χ3v) is 3.37. The van der Waals surface area contributed by atoms with Gasteiger partial charge in [0.05, 0.1) is 18.5 Å². The smallest absolute Gasteiger partial charge is 0.139 e. The number of imidazole rings is 1. The maximum Gasteiger partial charge on any atom is 0.139 e. The van der Waals surface area contributed by atoms with E-state index in [0.717, 1.165) is 21.6 Å². The number of nitrogens with zero attached hydrogens (tertiary/aromatic N) is 1. The van der Waals surface area contributed by atoms with Crippen LogP contribution in [0.4, 0.5) is 0 Å². The van der Waals surface area contributed by atoms with Crippen LogP contribution >= 0.6 is 27.3 Å². The van der Waals surface area contributed by atoms with E-state index in [0.29, 0.717) is 0 Å². The van der Waals surface area contributed by atoms with Gasteiger partial charge in [0.2, 0.25) is 0 Å². The van der Waals surface area contributed by atoms with Crippen LogP contribution in [0.25, 0.3) is 11.4 Å². The lowest BCUT2D eigenvalue weighted by atomic mass is 10.3. The molecule has 0 spiro atoms. The Morgan fingerprint density at radius 2 is 2.38 bits per heavy atom. The van der Waals surface area contributed by atoms with Gasteiger partial charge in [-0.2, -0.15) is 11.3 Å². The monoisotopic (exact) mass is 258 g/mol. The first-order valence-electron chi connectivity index (χ1n) is 3.68. The van der Waals surface area contributed by atoms with Gasteiger partial charge in [0.1, 0.15) is 5.82 Å². The molecule has 2 heterocycles. The Morgan fingerprint density at radius 1 is 1.54 bits per heavy atom. The number of nitrogens with one attached hydrogen (secondary N) is 1. The summed E-state index contributed by atoms with van der Waals surface area (Å²) in [5.74, 6) is 0.789. The molecule has 2 aromatic heterocycles. The summed E-state index contributed by atoms with van der Waals surface area (Å²) in [6, 6.07) is 0. The first kappa shape index (κ1) is 8.93. The normalized spacial score (nSPS) is 10.6. The minimum atomic E-state index is -0.00520. The van der Waals surface area contributed by atoms with E-state index >= 15 is 0 Å². The molecule has 2 aromatic rings. The molecule has 0 aliphatic carbocycles. The summed E-state index contributed by atoms with van der Waals surface area (Å²) >= 11 is 5.03. The van der Waals surface area contributed by atoms with Gasteiger partial charge in [0, 0.05) is 20.8 Å². The summed E-state index contributed by atoms with van der Waals surface area (Å²) in [6.45, 7) is -0.00520. The van der Waals surface area contributed by atoms with Crippen molar-refractivity contribution in [3.63, 3.8) is 0 Å². The van der Waals surface area contributed by atoms with Crippen LogP contribution in [0.1, 0.15) is 5.69 Å². The minimum absolute atomic E-state index is 0.00520. The van der Waals surface area contributed by atoms with Gasteiger partial charge >= 0.3 is 0 Å². The molecule has 0 aliphatic heterocycles. The molecule has 0 saturated heterocycles. The predicted molar refractivity (Wildman–Crippen MR) is 55.5 cm³/mol. The van der Waals surface area contributed by atoms with E-state index in [-0.39, 0.29) is 6.61 Å². The molecule has 68 valence electrons. The molecule has 0 saturated carbocycles. The predicted octanol–water partition coefficient (Wildman–Crippen LogP) is 2.39. The zero-order valence-corrected chi connectivity index (χ0v) is 9.02. The summed E-state index contributed by atoms with van der Waals surface area (Å²) in [6.07, 6.45) is 1.64. The van der Waals surface area contributed by atoms with Crippen molar-refractivity contribution < 1.29 is 5.11 Å². The highest BCUT2D eigenvalue weighted by molar-refractivity contribution is 9.10. The highest BCUT2D eigenvalue weighted by atomic mass is 79.9. The summed E-state index contributed by atoms with van der Waals surface area (Å²) < 4.78 is 1.02. The van der Waals surface area contributed by atoms with Crippen molar-refractivity contribution in [2.45, 2.75) is 6.61 Å². The van der Waals surface area contributed by atoms with Gasteiger partial charge in [-0.15, -0.1) is 0 Å². The van der Waals surface area contributed by atoms with E-state index in [4.69, 9.17) is 5.11 Å². The molecule has 0 bridgehead atoms. The van der Waals surface area contributed by atoms with Crippen molar-refractivity contribution in [3.8, 4) is 11.4 Å². The molecule has 0 amide bonds. The minimum Gasteiger partial charge on any atom is -0.390 e. The number of aliphatic hydroxyl groups excluding tert-OH is 1. The van der Waals surface area contributed by atoms with Crippen LogP contribution < -0.4 is 0 Å². The molecule has 3 nitrogen and oxygen atoms in total. The van der Waals surface area contributed by atoms with Gasteiger partial charge in [-0.3, -0.25) is 0 Å². The Bertz CT molecular complexity index is 410. The fraction of sp³-hybridized carbons (Fsp3) is 0.125. The Labute approximate surface area is 87.6 Å². The van der Waals surface area contributed by atoms with Crippen LogP contribution in [0.15, 0.2) is 21.4 Å². The van der Waals surface area contributed by atoms with Crippen LogP contribution in [0.3, 0.4) is 0 Å². The van der Waals surface area contributed by atoms with Gasteiger partial charge in [0.25, 0.3) is 0 Å². The number of aromatic nitrogens is 2. The van der Waals surface area contributed by atoms with Gasteiger partial charge in [-0.05, 0) is 15.9 Å². The molecule has 0 unspecified atom stereocenters. The van der Waals surface area contributed by atoms with E-state index in [1.54, 1.807) is 17.5 Å². The quantitative estimate of drug-likeness (QED) is 0.869. The van der Waals surface area contributed by atoms with E-state index in [9.17, 15) is 0 Å². The van der Waals surface area contributed by atoms with Crippen molar-refractivity contribution in [2.24, 2.45) is 0 Å². The van der Waals surface area contributed by atoms with Crippen LogP contribution in [-0.2, 0) is 6.61 Å². The number of aromatic amines is 1. The summed E-state index contributed by atoms with van der Waals surface area (Å²) in [7, 11) is 0. The maximum absolute atomic E-state index is 8.84. The van der Waals surface area contributed by atoms with Crippen molar-refractivity contribution in [3.05, 3.63) is 27.1 Å². The van der Waals surface area contributed by atoms with E-state index in [1.165, 1.54) is 0 Å². The maximum atomic E-state index is 8.84. The lowest BCUT2D eigenvalue weighted by molar-refractivity contribution is 0.277. The molecular weight excluding hydrogens is 252 g/mol. The van der Waals surface area contributed by atoms with E-state index < -0.39 is 0 Å². The van der Waals surface area contributed by atoms with Gasteiger partial charge < -0.3 is 10.1 Å². The van der Waals surface area contributed by atoms with Crippen molar-refractivity contribution in [1.29, 1.82) is 0 Å². The SMILES string of the molecule is OCc1cnc(-c2cscc2Br)[nH]1. The molecule has 0 aliphatic rings. The molecule has 0 radical (unpaired) electrons. The zero-order valence-electron chi connectivity index (χ0n) is 6.62. The molecule has 0 aromatic carbocycles. The third kappa shape index (κ3) is 1.67. The largest absolute Gasteiger partial charge is 0.390 e. The first-order chi connectivity index (χ1) is 6.31. The molecule has 5 heteroatoms. The van der Waals surface area contributed by atoms with Crippen LogP contribution in [0.2, 0.25) is 0 Å². The lowest BCUT2D eigenvalue weighted by Gasteiger charge is -1.92. The van der Waals surface area contributed by atoms with Gasteiger partial charge in [0.15, 0.2) is 0 Å². The summed E-state index contributed by atoms with van der Waals surface area (Å²) in [5, 5.41) is 12.8. The van der Waals surface area contributed by atoms with Gasteiger partial charge in [-0.1, -0.05) is 0 Å². The highest BCUT2D eigenvalue weighted by Crippen LogP contribution is 2.29. The average molecular weight is 259 g/mol. The summed E-state index contributed by atoms with van der Waals surface area (Å²) in [4.78, 5) is 7.17. The second-order valence-corrected chi connectivity index (χ2v) is 4.15. The lowest BCUT2D eigenvalue weighted by Crippen LogP contribution is -1.82. The van der Waals surface area contributed by atoms with E-state index in [1.807, 2.05) is 10.8 Å². The molecule has 0 fully saturated rings. The fourth-order valence-corrected chi connectivity index (χ4v) is 2.49. The van der Waals surface area contributed by atoms with Crippen LogP contribution in [0, 0.1) is 0 Å². The molecule has 2 N–H and O–H groups in total. The molecule has 0 atom stereocenters. The topological polar surface area (TPSA) is 48.9 Å². The fourth-order valence-electron chi connectivity index (χ4n) is 1.03. The second kappa shape index (κ2) is 3.61. The Kier molecular flexibility index (Phi) is 2.48. The number of hydrogen-bond acceptors (Lipinski definition) is 3. The van der Waals surface area contributed by atoms with Crippen molar-refractivity contribution >= 4 is 27.3 Å². The number of H-pyrrole nitrogens is 1. The summed E-state index contributed by atoms with van der Waals surface area (Å²) in [5.41, 5.74) is 1.76. The Balaban J connectivity index is 2.41. The average Bonchev–Trinajstić information content (AvgIpc) is 2.71. The second-order valence-electron chi connectivity index (χ2n) is 2.55. The number of thiophene rings is 1.